The second kappa shape index (κ2) is 6.60. The Bertz CT molecular complexity index is 1530. The topological polar surface area (TPSA) is 4.93 Å². The summed E-state index contributed by atoms with van der Waals surface area (Å²) in [6, 6.07) is 39.5. The van der Waals surface area contributed by atoms with Crippen LogP contribution in [-0.4, -0.2) is 4.57 Å². The molecule has 142 valence electrons. The summed E-state index contributed by atoms with van der Waals surface area (Å²) in [5.74, 6) is 0. The summed E-state index contributed by atoms with van der Waals surface area (Å²) in [7, 11) is 0. The van der Waals surface area contributed by atoms with Gasteiger partial charge in [0.2, 0.25) is 0 Å². The smallest absolute Gasteiger partial charge is 0.0541 e. The number of aryl methyl sites for hydroxylation is 1. The Hall–Kier alpha value is -3.84. The van der Waals surface area contributed by atoms with Crippen molar-refractivity contribution >= 4 is 32.6 Å². The van der Waals surface area contributed by atoms with Gasteiger partial charge in [-0.15, -0.1) is 0 Å². The molecule has 0 saturated carbocycles. The van der Waals surface area contributed by atoms with E-state index in [0.29, 0.717) is 0 Å². The lowest BCUT2D eigenvalue weighted by Gasteiger charge is -2.09. The summed E-state index contributed by atoms with van der Waals surface area (Å²) >= 11 is 0. The Morgan fingerprint density at radius 1 is 0.533 bits per heavy atom. The minimum absolute atomic E-state index is 1.19. The van der Waals surface area contributed by atoms with Gasteiger partial charge in [0.15, 0.2) is 0 Å². The third-order valence-corrected chi connectivity index (χ3v) is 6.04. The zero-order valence-corrected chi connectivity index (χ0v) is 16.8. The molecular formula is C29H21N. The predicted octanol–water partition coefficient (Wildman–Crippen LogP) is 7.91. The van der Waals surface area contributed by atoms with Gasteiger partial charge in [-0.05, 0) is 65.2 Å². The Kier molecular flexibility index (Phi) is 3.75. The third-order valence-electron chi connectivity index (χ3n) is 6.04. The molecule has 1 nitrogen and oxygen atoms in total. The molecule has 5 aromatic carbocycles. The molecule has 1 heteroatoms. The van der Waals surface area contributed by atoms with Crippen molar-refractivity contribution in [2.24, 2.45) is 0 Å². The van der Waals surface area contributed by atoms with E-state index in [2.05, 4.69) is 121 Å². The predicted molar refractivity (Wildman–Crippen MR) is 128 cm³/mol. The highest BCUT2D eigenvalue weighted by molar-refractivity contribution is 6.11. The van der Waals surface area contributed by atoms with Gasteiger partial charge in [-0.25, -0.2) is 0 Å². The first-order valence-corrected chi connectivity index (χ1v) is 10.4. The molecule has 0 N–H and O–H groups in total. The summed E-state index contributed by atoms with van der Waals surface area (Å²) in [4.78, 5) is 0. The van der Waals surface area contributed by atoms with E-state index in [1.165, 1.54) is 55.0 Å². The lowest BCUT2D eigenvalue weighted by atomic mass is 9.97. The molecule has 0 amide bonds. The number of para-hydroxylation sites is 1. The van der Waals surface area contributed by atoms with Crippen molar-refractivity contribution in [1.29, 1.82) is 0 Å². The molecule has 0 aliphatic rings. The molecule has 0 bridgehead atoms. The minimum Gasteiger partial charge on any atom is -0.309 e. The van der Waals surface area contributed by atoms with E-state index < -0.39 is 0 Å². The zero-order valence-electron chi connectivity index (χ0n) is 16.8. The van der Waals surface area contributed by atoms with E-state index in [1.807, 2.05) is 0 Å². The standard InChI is InChI=1S/C29H21N/c1-20-14-16-28-26(18-20)27-19-22(25-13-7-9-21-8-5-6-12-24(21)25)15-17-29(27)30(28)23-10-3-2-4-11-23/h2-19H,1H3. The summed E-state index contributed by atoms with van der Waals surface area (Å²) in [6.07, 6.45) is 0. The summed E-state index contributed by atoms with van der Waals surface area (Å²) < 4.78 is 2.37. The lowest BCUT2D eigenvalue weighted by Crippen LogP contribution is -1.93. The molecule has 0 aliphatic heterocycles. The van der Waals surface area contributed by atoms with E-state index in [4.69, 9.17) is 0 Å². The maximum Gasteiger partial charge on any atom is 0.0541 e. The maximum absolute atomic E-state index is 2.37. The second-order valence-electron chi connectivity index (χ2n) is 7.95. The molecule has 0 fully saturated rings. The van der Waals surface area contributed by atoms with Crippen LogP contribution >= 0.6 is 0 Å². The van der Waals surface area contributed by atoms with Crippen molar-refractivity contribution in [3.8, 4) is 16.8 Å². The van der Waals surface area contributed by atoms with Crippen LogP contribution in [0.25, 0.3) is 49.4 Å². The first-order chi connectivity index (χ1) is 14.8. The maximum atomic E-state index is 2.37. The second-order valence-corrected chi connectivity index (χ2v) is 7.95. The summed E-state index contributed by atoms with van der Waals surface area (Å²) in [6.45, 7) is 2.17. The lowest BCUT2D eigenvalue weighted by molar-refractivity contribution is 1.18. The minimum atomic E-state index is 1.19. The molecule has 0 radical (unpaired) electrons. The van der Waals surface area contributed by atoms with E-state index in [-0.39, 0.29) is 0 Å². The Balaban J connectivity index is 1.69. The van der Waals surface area contributed by atoms with Gasteiger partial charge in [-0.3, -0.25) is 0 Å². The average Bonchev–Trinajstić information content (AvgIpc) is 3.12. The molecule has 1 heterocycles. The van der Waals surface area contributed by atoms with Crippen LogP contribution in [-0.2, 0) is 0 Å². The van der Waals surface area contributed by atoms with E-state index >= 15 is 0 Å². The molecular weight excluding hydrogens is 362 g/mol. The highest BCUT2D eigenvalue weighted by Gasteiger charge is 2.14. The first kappa shape index (κ1) is 17.1. The first-order valence-electron chi connectivity index (χ1n) is 10.4. The van der Waals surface area contributed by atoms with E-state index in [0.717, 1.165) is 0 Å². The fourth-order valence-corrected chi connectivity index (χ4v) is 4.64. The monoisotopic (exact) mass is 383 g/mol. The van der Waals surface area contributed by atoms with Crippen molar-refractivity contribution in [1.82, 2.24) is 4.57 Å². The van der Waals surface area contributed by atoms with Crippen LogP contribution < -0.4 is 0 Å². The van der Waals surface area contributed by atoms with Crippen molar-refractivity contribution in [3.63, 3.8) is 0 Å². The number of hydrogen-bond donors (Lipinski definition) is 0. The van der Waals surface area contributed by atoms with Crippen molar-refractivity contribution in [2.45, 2.75) is 6.92 Å². The number of aromatic nitrogens is 1. The number of fused-ring (bicyclic) bond motifs is 4. The van der Waals surface area contributed by atoms with Crippen LogP contribution in [0.2, 0.25) is 0 Å². The molecule has 0 unspecified atom stereocenters. The van der Waals surface area contributed by atoms with Gasteiger partial charge in [-0.2, -0.15) is 0 Å². The molecule has 0 atom stereocenters. The normalized spacial score (nSPS) is 11.5. The molecule has 0 spiro atoms. The van der Waals surface area contributed by atoms with Crippen LogP contribution in [0, 0.1) is 6.92 Å². The highest BCUT2D eigenvalue weighted by Crippen LogP contribution is 2.37. The summed E-state index contributed by atoms with van der Waals surface area (Å²) in [5.41, 5.74) is 7.50. The molecule has 0 saturated heterocycles. The van der Waals surface area contributed by atoms with Crippen LogP contribution in [0.4, 0.5) is 0 Å². The Morgan fingerprint density at radius 3 is 2.10 bits per heavy atom. The molecule has 6 rings (SSSR count). The molecule has 30 heavy (non-hydrogen) atoms. The Labute approximate surface area is 175 Å². The van der Waals surface area contributed by atoms with Gasteiger partial charge in [0.25, 0.3) is 0 Å². The van der Waals surface area contributed by atoms with Crippen molar-refractivity contribution in [3.05, 3.63) is 115 Å². The van der Waals surface area contributed by atoms with Gasteiger partial charge >= 0.3 is 0 Å². The fraction of sp³-hybridized carbons (Fsp3) is 0.0345. The van der Waals surface area contributed by atoms with E-state index in [1.54, 1.807) is 0 Å². The number of hydrogen-bond acceptors (Lipinski definition) is 0. The van der Waals surface area contributed by atoms with E-state index in [9.17, 15) is 0 Å². The van der Waals surface area contributed by atoms with Gasteiger partial charge in [0, 0.05) is 16.5 Å². The number of benzene rings is 5. The zero-order chi connectivity index (χ0) is 20.1. The molecule has 0 aliphatic carbocycles. The van der Waals surface area contributed by atoms with Crippen LogP contribution in [0.15, 0.2) is 109 Å². The largest absolute Gasteiger partial charge is 0.309 e. The average molecular weight is 383 g/mol. The van der Waals surface area contributed by atoms with Gasteiger partial charge in [0.05, 0.1) is 11.0 Å². The van der Waals surface area contributed by atoms with Gasteiger partial charge < -0.3 is 4.57 Å². The fourth-order valence-electron chi connectivity index (χ4n) is 4.64. The van der Waals surface area contributed by atoms with Gasteiger partial charge in [0.1, 0.15) is 0 Å². The van der Waals surface area contributed by atoms with Crippen molar-refractivity contribution in [2.75, 3.05) is 0 Å². The Morgan fingerprint density at radius 2 is 1.23 bits per heavy atom. The van der Waals surface area contributed by atoms with Gasteiger partial charge in [-0.1, -0.05) is 78.4 Å². The van der Waals surface area contributed by atoms with Crippen LogP contribution in [0.1, 0.15) is 5.56 Å². The summed E-state index contributed by atoms with van der Waals surface area (Å²) in [5, 5.41) is 5.17. The molecule has 1 aromatic heterocycles. The molecule has 6 aromatic rings. The quantitative estimate of drug-likeness (QED) is 0.286. The van der Waals surface area contributed by atoms with Crippen molar-refractivity contribution < 1.29 is 0 Å². The van der Waals surface area contributed by atoms with Crippen LogP contribution in [0.5, 0.6) is 0 Å². The SMILES string of the molecule is Cc1ccc2c(c1)c1cc(-c3cccc4ccccc34)ccc1n2-c1ccccc1. The third kappa shape index (κ3) is 2.56. The number of nitrogens with zero attached hydrogens (tertiary/aromatic N) is 1. The number of rotatable bonds is 2. The van der Waals surface area contributed by atoms with Crippen LogP contribution in [0.3, 0.4) is 0 Å². The highest BCUT2D eigenvalue weighted by atomic mass is 15.0.